The Balaban J connectivity index is 4.37. The maximum atomic E-state index is 12.8. The molecule has 0 spiro atoms. The van der Waals surface area contributed by atoms with Gasteiger partial charge in [0.1, 0.15) is 13.2 Å². The Morgan fingerprint density at radius 2 is 0.639 bits per heavy atom. The lowest BCUT2D eigenvalue weighted by molar-refractivity contribution is -0.167. The zero-order chi connectivity index (χ0) is 44.4. The van der Waals surface area contributed by atoms with E-state index < -0.39 is 6.10 Å². The third kappa shape index (κ3) is 48.0. The number of rotatable bonds is 46. The van der Waals surface area contributed by atoms with Gasteiger partial charge in [-0.2, -0.15) is 0 Å². The second kappa shape index (κ2) is 49.8. The first-order chi connectivity index (χ1) is 30.0. The molecule has 0 N–H and O–H groups in total. The average molecular weight is 853 g/mol. The highest BCUT2D eigenvalue weighted by molar-refractivity contribution is 5.71. The van der Waals surface area contributed by atoms with E-state index in [-0.39, 0.29) is 31.1 Å². The summed E-state index contributed by atoms with van der Waals surface area (Å²) in [4.78, 5) is 37.9. The van der Waals surface area contributed by atoms with E-state index in [2.05, 4.69) is 81.5 Å². The van der Waals surface area contributed by atoms with Crippen molar-refractivity contribution < 1.29 is 28.6 Å². The van der Waals surface area contributed by atoms with Gasteiger partial charge in [-0.1, -0.05) is 210 Å². The standard InChI is InChI=1S/C55H96O6/c1-4-7-10-13-16-19-22-24-26-27-28-29-30-32-33-36-39-42-45-48-54(57)60-51-52(50-59-53(56)47-44-41-38-35-21-18-15-12-9-6-3)61-55(58)49-46-43-40-37-34-31-25-23-20-17-14-11-8-5-2/h7,10,16,19,24,26,28-29,31,34,52H,4-6,8-9,11-15,17-18,20-23,25,27,30,32-33,35-51H2,1-3H3/b10-7-,19-16-,26-24-,29-28-,34-31-. The molecule has 0 bridgehead atoms. The number of carbonyl (C=O) groups is 3. The molecule has 0 fully saturated rings. The Morgan fingerprint density at radius 1 is 0.344 bits per heavy atom. The summed E-state index contributed by atoms with van der Waals surface area (Å²) in [6.07, 6.45) is 60.6. The van der Waals surface area contributed by atoms with Gasteiger partial charge in [0, 0.05) is 19.3 Å². The molecule has 0 aliphatic rings. The average Bonchev–Trinajstić information content (AvgIpc) is 3.26. The highest BCUT2D eigenvalue weighted by Gasteiger charge is 2.19. The monoisotopic (exact) mass is 853 g/mol. The van der Waals surface area contributed by atoms with Crippen molar-refractivity contribution in [3.05, 3.63) is 60.8 Å². The molecule has 0 rings (SSSR count). The number of ether oxygens (including phenoxy) is 3. The summed E-state index contributed by atoms with van der Waals surface area (Å²) in [5.41, 5.74) is 0. The van der Waals surface area contributed by atoms with Crippen LogP contribution in [0.1, 0.15) is 252 Å². The van der Waals surface area contributed by atoms with Gasteiger partial charge in [0.05, 0.1) is 0 Å². The smallest absolute Gasteiger partial charge is 0.306 e. The van der Waals surface area contributed by atoms with Gasteiger partial charge in [-0.15, -0.1) is 0 Å². The maximum absolute atomic E-state index is 12.8. The molecule has 352 valence electrons. The van der Waals surface area contributed by atoms with Gasteiger partial charge in [0.15, 0.2) is 6.10 Å². The maximum Gasteiger partial charge on any atom is 0.306 e. The fourth-order valence-corrected chi connectivity index (χ4v) is 7.13. The third-order valence-corrected chi connectivity index (χ3v) is 11.0. The fourth-order valence-electron chi connectivity index (χ4n) is 7.13. The fraction of sp³-hybridized carbons (Fsp3) is 0.764. The molecule has 0 aliphatic heterocycles. The van der Waals surface area contributed by atoms with Crippen molar-refractivity contribution in [1.82, 2.24) is 0 Å². The van der Waals surface area contributed by atoms with Crippen molar-refractivity contribution in [2.24, 2.45) is 0 Å². The van der Waals surface area contributed by atoms with Crippen LogP contribution in [0.15, 0.2) is 60.8 Å². The van der Waals surface area contributed by atoms with Gasteiger partial charge < -0.3 is 14.2 Å². The predicted molar refractivity (Wildman–Crippen MR) is 261 cm³/mol. The summed E-state index contributed by atoms with van der Waals surface area (Å²) in [5.74, 6) is -0.911. The quantitative estimate of drug-likeness (QED) is 0.0263. The summed E-state index contributed by atoms with van der Waals surface area (Å²) < 4.78 is 16.8. The van der Waals surface area contributed by atoms with E-state index in [0.29, 0.717) is 19.3 Å². The number of allylic oxidation sites excluding steroid dienone is 10. The van der Waals surface area contributed by atoms with E-state index in [1.165, 1.54) is 109 Å². The summed E-state index contributed by atoms with van der Waals surface area (Å²) in [6, 6.07) is 0. The molecular weight excluding hydrogens is 757 g/mol. The van der Waals surface area contributed by atoms with E-state index >= 15 is 0 Å². The first-order valence-electron chi connectivity index (χ1n) is 25.8. The minimum absolute atomic E-state index is 0.0833. The van der Waals surface area contributed by atoms with Crippen LogP contribution in [0.5, 0.6) is 0 Å². The SMILES string of the molecule is CC/C=C\C/C=C\C/C=C\C/C=C\CCCCCCCCC(=O)OCC(COC(=O)CCCCCCCCCCCC)OC(=O)CCCCC/C=C\CCCCCCCCC. The number of carbonyl (C=O) groups excluding carboxylic acids is 3. The van der Waals surface area contributed by atoms with Crippen molar-refractivity contribution in [3.8, 4) is 0 Å². The van der Waals surface area contributed by atoms with E-state index in [1.54, 1.807) is 0 Å². The van der Waals surface area contributed by atoms with Crippen LogP contribution in [-0.4, -0.2) is 37.2 Å². The summed E-state index contributed by atoms with van der Waals surface area (Å²) in [7, 11) is 0. The van der Waals surface area contributed by atoms with Crippen LogP contribution in [-0.2, 0) is 28.6 Å². The second-order valence-corrected chi connectivity index (χ2v) is 17.1. The first-order valence-corrected chi connectivity index (χ1v) is 25.8. The minimum Gasteiger partial charge on any atom is -0.462 e. The molecule has 6 nitrogen and oxygen atoms in total. The molecule has 0 aliphatic carbocycles. The lowest BCUT2D eigenvalue weighted by atomic mass is 10.1. The number of hydrogen-bond acceptors (Lipinski definition) is 6. The van der Waals surface area contributed by atoms with Crippen molar-refractivity contribution in [3.63, 3.8) is 0 Å². The molecule has 61 heavy (non-hydrogen) atoms. The minimum atomic E-state index is -0.784. The van der Waals surface area contributed by atoms with Gasteiger partial charge in [-0.05, 0) is 83.5 Å². The van der Waals surface area contributed by atoms with Crippen LogP contribution in [0.3, 0.4) is 0 Å². The molecule has 0 heterocycles. The predicted octanol–water partition coefficient (Wildman–Crippen LogP) is 16.9. The van der Waals surface area contributed by atoms with Crippen molar-refractivity contribution in [2.75, 3.05) is 13.2 Å². The zero-order valence-electron chi connectivity index (χ0n) is 40.2. The van der Waals surface area contributed by atoms with Crippen LogP contribution in [0, 0.1) is 0 Å². The lowest BCUT2D eigenvalue weighted by Gasteiger charge is -2.18. The molecular formula is C55H96O6. The molecule has 1 unspecified atom stereocenters. The van der Waals surface area contributed by atoms with Crippen LogP contribution in [0.25, 0.3) is 0 Å². The van der Waals surface area contributed by atoms with E-state index in [4.69, 9.17) is 14.2 Å². The molecule has 6 heteroatoms. The molecule has 0 aromatic heterocycles. The second-order valence-electron chi connectivity index (χ2n) is 17.1. The molecule has 0 aromatic carbocycles. The van der Waals surface area contributed by atoms with E-state index in [0.717, 1.165) is 103 Å². The molecule has 0 amide bonds. The van der Waals surface area contributed by atoms with Crippen LogP contribution >= 0.6 is 0 Å². The summed E-state index contributed by atoms with van der Waals surface area (Å²) >= 11 is 0. The van der Waals surface area contributed by atoms with Crippen LogP contribution in [0.2, 0.25) is 0 Å². The molecule has 0 radical (unpaired) electrons. The molecule has 0 saturated carbocycles. The third-order valence-electron chi connectivity index (χ3n) is 11.0. The van der Waals surface area contributed by atoms with Gasteiger partial charge >= 0.3 is 17.9 Å². The van der Waals surface area contributed by atoms with Crippen molar-refractivity contribution in [2.45, 2.75) is 258 Å². The highest BCUT2D eigenvalue weighted by Crippen LogP contribution is 2.14. The number of unbranched alkanes of at least 4 members (excludes halogenated alkanes) is 25. The Morgan fingerprint density at radius 3 is 1.03 bits per heavy atom. The highest BCUT2D eigenvalue weighted by atomic mass is 16.6. The summed E-state index contributed by atoms with van der Waals surface area (Å²) in [6.45, 7) is 6.49. The number of esters is 3. The lowest BCUT2D eigenvalue weighted by Crippen LogP contribution is -2.30. The normalized spacial score (nSPS) is 12.5. The van der Waals surface area contributed by atoms with Crippen LogP contribution in [0.4, 0.5) is 0 Å². The van der Waals surface area contributed by atoms with Gasteiger partial charge in [0.2, 0.25) is 0 Å². The first kappa shape index (κ1) is 58.1. The largest absolute Gasteiger partial charge is 0.462 e. The van der Waals surface area contributed by atoms with E-state index in [9.17, 15) is 14.4 Å². The topological polar surface area (TPSA) is 78.9 Å². The van der Waals surface area contributed by atoms with Crippen LogP contribution < -0.4 is 0 Å². The molecule has 0 aromatic rings. The van der Waals surface area contributed by atoms with E-state index in [1.807, 2.05) is 0 Å². The van der Waals surface area contributed by atoms with Crippen molar-refractivity contribution in [1.29, 1.82) is 0 Å². The summed E-state index contributed by atoms with van der Waals surface area (Å²) in [5, 5.41) is 0. The van der Waals surface area contributed by atoms with Gasteiger partial charge in [-0.25, -0.2) is 0 Å². The molecule has 1 atom stereocenters. The van der Waals surface area contributed by atoms with Crippen molar-refractivity contribution >= 4 is 17.9 Å². The molecule has 0 saturated heterocycles. The number of hydrogen-bond donors (Lipinski definition) is 0. The Labute approximate surface area is 377 Å². The Hall–Kier alpha value is -2.89. The Bertz CT molecular complexity index is 1120. The van der Waals surface area contributed by atoms with Gasteiger partial charge in [0.25, 0.3) is 0 Å². The van der Waals surface area contributed by atoms with Gasteiger partial charge in [-0.3, -0.25) is 14.4 Å². The Kier molecular flexibility index (Phi) is 47.4. The zero-order valence-corrected chi connectivity index (χ0v) is 40.2.